The molecule has 6 aromatic heterocycles. The fourth-order valence-corrected chi connectivity index (χ4v) is 15.1. The van der Waals surface area contributed by atoms with Gasteiger partial charge in [0.2, 0.25) is 11.8 Å². The molecule has 0 bridgehead atoms. The lowest BCUT2D eigenvalue weighted by Gasteiger charge is -2.30. The maximum Gasteiger partial charge on any atom is 0.407 e. The summed E-state index contributed by atoms with van der Waals surface area (Å²) >= 11 is 0. The first-order valence-corrected chi connectivity index (χ1v) is 34.0. The van der Waals surface area contributed by atoms with Gasteiger partial charge in [-0.2, -0.15) is 0 Å². The van der Waals surface area contributed by atoms with Crippen LogP contribution in [0.15, 0.2) is 97.6 Å². The quantitative estimate of drug-likeness (QED) is 0.0471. The molecule has 4 fully saturated rings. The van der Waals surface area contributed by atoms with Crippen molar-refractivity contribution in [2.75, 3.05) is 40.4 Å². The van der Waals surface area contributed by atoms with Gasteiger partial charge in [-0.25, -0.2) is 33.5 Å². The van der Waals surface area contributed by atoms with Gasteiger partial charge in [-0.3, -0.25) is 14.4 Å². The third-order valence-electron chi connectivity index (χ3n) is 20.4. The second-order valence-corrected chi connectivity index (χ2v) is 27.0. The van der Waals surface area contributed by atoms with Gasteiger partial charge in [0.15, 0.2) is 25.1 Å². The van der Waals surface area contributed by atoms with Crippen molar-refractivity contribution in [1.29, 1.82) is 0 Å². The molecule has 25 heteroatoms. The van der Waals surface area contributed by atoms with Gasteiger partial charge < -0.3 is 73.8 Å². The van der Waals surface area contributed by atoms with Crippen molar-refractivity contribution >= 4 is 45.7 Å². The zero-order chi connectivity index (χ0) is 67.6. The van der Waals surface area contributed by atoms with Gasteiger partial charge in [0.1, 0.15) is 40.8 Å². The van der Waals surface area contributed by atoms with Gasteiger partial charge in [-0.15, -0.1) is 0 Å². The molecule has 6 aliphatic rings. The maximum absolute atomic E-state index is 16.6. The number of methoxy groups -OCH3 is 2. The zero-order valence-electron chi connectivity index (χ0n) is 55.6. The molecule has 0 spiro atoms. The molecule has 1 unspecified atom stereocenters. The van der Waals surface area contributed by atoms with Crippen LogP contribution in [0.1, 0.15) is 133 Å². The molecule has 0 aliphatic carbocycles. The Kier molecular flexibility index (Phi) is 17.2. The van der Waals surface area contributed by atoms with Crippen molar-refractivity contribution in [3.63, 3.8) is 0 Å². The first-order chi connectivity index (χ1) is 47.6. The largest absolute Gasteiger partial charge is 0.472 e. The third-order valence-corrected chi connectivity index (χ3v) is 20.4. The minimum absolute atomic E-state index is 0.0260. The lowest BCUT2D eigenvalue weighted by atomic mass is 9.91. The van der Waals surface area contributed by atoms with Crippen molar-refractivity contribution in [2.45, 2.75) is 129 Å². The maximum atomic E-state index is 16.6. The summed E-state index contributed by atoms with van der Waals surface area (Å²) < 4.78 is 58.3. The topological polar surface area (TPSA) is 272 Å². The summed E-state index contributed by atoms with van der Waals surface area (Å²) in [7, 11) is 2.60. The fraction of sp³-hybridized carbons (Fsp3) is 0.397. The van der Waals surface area contributed by atoms with Gasteiger partial charge in [-0.05, 0) is 125 Å². The number of aromatic amines is 4. The van der Waals surface area contributed by atoms with E-state index >= 15 is 8.78 Å². The molecule has 4 aromatic carbocycles. The molecule has 23 nitrogen and oxygen atoms in total. The minimum Gasteiger partial charge on any atom is -0.472 e. The first kappa shape index (κ1) is 63.9. The number of likely N-dealkylation sites (tertiary alicyclic amines) is 2. The van der Waals surface area contributed by atoms with Crippen LogP contribution >= 0.6 is 0 Å². The molecule has 6 aliphatic heterocycles. The number of hydrogen-bond donors (Lipinski definition) is 7. The number of aromatic nitrogens is 10. The Labute approximate surface area is 563 Å². The summed E-state index contributed by atoms with van der Waals surface area (Å²) in [6.07, 6.45) is 14.1. The van der Waals surface area contributed by atoms with Crippen molar-refractivity contribution in [3.8, 4) is 79.0 Å². The van der Waals surface area contributed by atoms with E-state index in [1.807, 2.05) is 127 Å². The number of rotatable bonds is 15. The standard InChI is InChI=1S/C44H51FN8O7.C29H28FN7O/c1-23(2)28(19-36(54)58-5)42(55)51-15-7-9-33(51)40-46-20-30(48-40)25-12-14-32-29(17-25)37(45)39-27-13-11-26(18-35(27)60-22-53(32)39)31-21-47-41(49-31)34-10-8-16-52(34)43(56)38(24(3)4)50-44(57)59-6;30-26-19-11-16(22-13-33-28(35-22)20-3-1-9-31-20)6-8-24(19)37-15-38-25-12-17(5-7-18(25)27(26)37)23-14-34-29(36-23)21-4-2-10-32-21/h11-14,17-18,20-21,23-24,28,33-34,38H,7-10,15-16,19,22H2,1-6H3,(H,46,48)(H,47,49)(H,50,57);5-8,11-14,20-21,31-32H,1-4,9-10,15H2,(H,33,35)(H,34,36)/t28?,33-,34-,38-;20-,21-/m00/s1. The molecular weight excluding hydrogens is 1250 g/mol. The SMILES string of the molecule is COC(=O)CC(C(=O)N1CCC[C@H]1c1ncc(-c2ccc3c(c2)c(F)c2n3COc3cc(-c4cnc([C@@H]5CCCN5C(=O)[C@@H](NC(=O)OC)C(C)C)[nH]4)ccc3-2)[nH]1)C(C)C.Fc1c2n(c3ccc(-c4cnc([C@@H]5CCCN5)[nH]4)cc13)COc1cc(-c3cnc([C@@H]4CCCN4)[nH]3)ccc1-2. The van der Waals surface area contributed by atoms with Gasteiger partial charge in [0.25, 0.3) is 0 Å². The number of fused-ring (bicyclic) bond motifs is 10. The molecule has 98 heavy (non-hydrogen) atoms. The molecule has 12 heterocycles. The first-order valence-electron chi connectivity index (χ1n) is 34.0. The molecule has 0 radical (unpaired) electrons. The van der Waals surface area contributed by atoms with E-state index in [0.29, 0.717) is 75.2 Å². The van der Waals surface area contributed by atoms with Crippen LogP contribution in [0.2, 0.25) is 0 Å². The second kappa shape index (κ2) is 26.4. The number of alkyl carbamates (subject to hydrolysis) is 1. The van der Waals surface area contributed by atoms with Crippen molar-refractivity contribution in [2.24, 2.45) is 17.8 Å². The Bertz CT molecular complexity index is 4700. The van der Waals surface area contributed by atoms with E-state index in [9.17, 15) is 19.2 Å². The number of H-pyrrole nitrogens is 4. The van der Waals surface area contributed by atoms with E-state index in [-0.39, 0.29) is 79.3 Å². The van der Waals surface area contributed by atoms with E-state index in [1.54, 1.807) is 17.3 Å². The summed E-state index contributed by atoms with van der Waals surface area (Å²) in [6.45, 7) is 11.2. The number of nitrogens with zero attached hydrogens (tertiary/aromatic N) is 8. The minimum atomic E-state index is -0.734. The van der Waals surface area contributed by atoms with Crippen molar-refractivity contribution in [3.05, 3.63) is 133 Å². The van der Waals surface area contributed by atoms with E-state index in [4.69, 9.17) is 18.9 Å². The lowest BCUT2D eigenvalue weighted by Crippen LogP contribution is -2.51. The number of halogens is 2. The van der Waals surface area contributed by atoms with Crippen LogP contribution in [0.3, 0.4) is 0 Å². The molecule has 6 atom stereocenters. The molecule has 4 saturated heterocycles. The van der Waals surface area contributed by atoms with Gasteiger partial charge in [0, 0.05) is 57.2 Å². The molecule has 10 aromatic rings. The van der Waals surface area contributed by atoms with Crippen LogP contribution < -0.4 is 25.4 Å². The number of carbonyl (C=O) groups excluding carboxylic acids is 4. The second-order valence-electron chi connectivity index (χ2n) is 27.0. The Hall–Kier alpha value is -10.1. The number of imidazole rings is 4. The summed E-state index contributed by atoms with van der Waals surface area (Å²) in [5, 5.41) is 10.6. The summed E-state index contributed by atoms with van der Waals surface area (Å²) in [6, 6.07) is 22.3. The fourth-order valence-electron chi connectivity index (χ4n) is 15.1. The zero-order valence-corrected chi connectivity index (χ0v) is 55.6. The number of carbonyl (C=O) groups is 4. The van der Waals surface area contributed by atoms with Gasteiger partial charge in [-0.1, -0.05) is 52.0 Å². The van der Waals surface area contributed by atoms with Crippen LogP contribution in [0.4, 0.5) is 13.6 Å². The Morgan fingerprint density at radius 2 is 0.990 bits per heavy atom. The van der Waals surface area contributed by atoms with Crippen LogP contribution in [-0.2, 0) is 37.3 Å². The Morgan fingerprint density at radius 3 is 1.42 bits per heavy atom. The van der Waals surface area contributed by atoms with Gasteiger partial charge >= 0.3 is 12.1 Å². The molecule has 3 amide bonds. The molecular formula is C73H79F2N15O8. The van der Waals surface area contributed by atoms with Crippen LogP contribution in [0.5, 0.6) is 11.5 Å². The predicted octanol–water partition coefficient (Wildman–Crippen LogP) is 12.5. The highest BCUT2D eigenvalue weighted by atomic mass is 19.1. The average Bonchev–Trinajstić information content (AvgIpc) is 1.58. The molecule has 7 N–H and O–H groups in total. The van der Waals surface area contributed by atoms with E-state index in [1.165, 1.54) is 14.2 Å². The molecule has 16 rings (SSSR count). The number of amides is 3. The number of hydrogen-bond acceptors (Lipinski definition) is 14. The lowest BCUT2D eigenvalue weighted by molar-refractivity contribution is -0.148. The highest BCUT2D eigenvalue weighted by Crippen LogP contribution is 2.46. The smallest absolute Gasteiger partial charge is 0.407 e. The van der Waals surface area contributed by atoms with Crippen molar-refractivity contribution in [1.82, 2.24) is 74.8 Å². The van der Waals surface area contributed by atoms with Crippen LogP contribution in [0, 0.1) is 29.4 Å². The van der Waals surface area contributed by atoms with Gasteiger partial charge in [0.05, 0.1) is 121 Å². The number of ether oxygens (including phenoxy) is 4. The number of esters is 1. The third kappa shape index (κ3) is 11.7. The Morgan fingerprint density at radius 1 is 0.551 bits per heavy atom. The highest BCUT2D eigenvalue weighted by molar-refractivity contribution is 5.95. The predicted molar refractivity (Wildman–Crippen MR) is 363 cm³/mol. The van der Waals surface area contributed by atoms with Crippen LogP contribution in [-0.4, -0.2) is 129 Å². The number of benzene rings is 4. The normalized spacial score (nSPS) is 19.2. The molecule has 508 valence electrons. The van der Waals surface area contributed by atoms with E-state index in [0.717, 1.165) is 127 Å². The Balaban J connectivity index is 0.000000176. The summed E-state index contributed by atoms with van der Waals surface area (Å²) in [4.78, 5) is 87.2. The molecule has 0 saturated carbocycles. The summed E-state index contributed by atoms with van der Waals surface area (Å²) in [5.74, 6) is 2.45. The number of nitrogens with one attached hydrogen (secondary N) is 7. The highest BCUT2D eigenvalue weighted by Gasteiger charge is 2.40. The van der Waals surface area contributed by atoms with Crippen molar-refractivity contribution < 1.29 is 46.9 Å². The average molecular weight is 1330 g/mol. The van der Waals surface area contributed by atoms with E-state index < -0.39 is 24.0 Å². The monoisotopic (exact) mass is 1330 g/mol. The van der Waals surface area contributed by atoms with E-state index in [2.05, 4.69) is 55.8 Å². The van der Waals surface area contributed by atoms with Crippen LogP contribution in [0.25, 0.3) is 89.4 Å². The summed E-state index contributed by atoms with van der Waals surface area (Å²) in [5.41, 5.74) is 10.6.